The Morgan fingerprint density at radius 3 is 2.55 bits per heavy atom. The largest absolute Gasteiger partial charge is 0.450 e. The second kappa shape index (κ2) is 8.00. The number of hydrogen-bond donors (Lipinski definition) is 0. The quantitative estimate of drug-likeness (QED) is 0.412. The van der Waals surface area contributed by atoms with Crippen molar-refractivity contribution in [1.82, 2.24) is 0 Å². The average molecular weight is 481 g/mol. The van der Waals surface area contributed by atoms with Crippen molar-refractivity contribution >= 4 is 34.9 Å². The molecule has 0 N–H and O–H groups in total. The number of ether oxygens (including phenoxy) is 1. The molecule has 0 spiro atoms. The van der Waals surface area contributed by atoms with Crippen LogP contribution in [0, 0.1) is 28.6 Å². The lowest BCUT2D eigenvalue weighted by Gasteiger charge is -2.60. The van der Waals surface area contributed by atoms with Crippen LogP contribution in [0.2, 0.25) is 0 Å². The van der Waals surface area contributed by atoms with E-state index in [0.717, 1.165) is 5.57 Å². The molecule has 33 heavy (non-hydrogen) atoms. The van der Waals surface area contributed by atoms with Gasteiger partial charge in [-0.2, -0.15) is 0 Å². The highest BCUT2D eigenvalue weighted by Crippen LogP contribution is 2.71. The molecule has 0 radical (unpaired) electrons. The van der Waals surface area contributed by atoms with E-state index in [1.165, 1.54) is 0 Å². The lowest BCUT2D eigenvalue weighted by molar-refractivity contribution is -0.203. The van der Waals surface area contributed by atoms with Gasteiger partial charge in [0.25, 0.3) is 0 Å². The monoisotopic (exact) mass is 480 g/mol. The number of allylic oxidation sites excluding steroid dienone is 1. The van der Waals surface area contributed by atoms with Gasteiger partial charge in [-0.3, -0.25) is 19.2 Å². The molecule has 5 nitrogen and oxygen atoms in total. The number of hydrogen-bond acceptors (Lipinski definition) is 5. The van der Waals surface area contributed by atoms with Crippen molar-refractivity contribution in [3.63, 3.8) is 0 Å². The highest BCUT2D eigenvalue weighted by atomic mass is 35.5. The first-order valence-corrected chi connectivity index (χ1v) is 12.7. The Hall–Kier alpha value is -1.56. The Kier molecular flexibility index (Phi) is 5.95. The van der Waals surface area contributed by atoms with Gasteiger partial charge in [-0.1, -0.05) is 33.3 Å². The first-order chi connectivity index (χ1) is 15.4. The number of rotatable bonds is 5. The molecule has 0 heterocycles. The minimum atomic E-state index is -2.10. The molecule has 0 aromatic heterocycles. The molecule has 7 atom stereocenters. The summed E-state index contributed by atoms with van der Waals surface area (Å²) in [6, 6.07) is 0. The summed E-state index contributed by atoms with van der Waals surface area (Å²) in [5.41, 5.74) is -4.96. The number of alkyl halides is 2. The second-order valence-electron chi connectivity index (χ2n) is 11.1. The molecule has 4 aliphatic rings. The predicted molar refractivity (Wildman–Crippen MR) is 121 cm³/mol. The summed E-state index contributed by atoms with van der Waals surface area (Å²) in [5, 5.41) is 0. The third-order valence-electron chi connectivity index (χ3n) is 9.61. The van der Waals surface area contributed by atoms with Crippen LogP contribution in [0.15, 0.2) is 11.6 Å². The van der Waals surface area contributed by atoms with E-state index in [9.17, 15) is 19.2 Å². The van der Waals surface area contributed by atoms with Gasteiger partial charge >= 0.3 is 5.97 Å². The Labute approximate surface area is 199 Å². The van der Waals surface area contributed by atoms with Crippen LogP contribution in [0.3, 0.4) is 0 Å². The van der Waals surface area contributed by atoms with Crippen molar-refractivity contribution in [3.05, 3.63) is 11.6 Å². The molecule has 4 aliphatic carbocycles. The number of fused-ring (bicyclic) bond motifs is 5. The lowest BCUT2D eigenvalue weighted by atomic mass is 9.44. The van der Waals surface area contributed by atoms with Gasteiger partial charge in [-0.25, -0.2) is 4.39 Å². The average Bonchev–Trinajstić information content (AvgIpc) is 2.97. The van der Waals surface area contributed by atoms with Crippen molar-refractivity contribution in [2.24, 2.45) is 28.6 Å². The number of esters is 1. The van der Waals surface area contributed by atoms with Gasteiger partial charge in [-0.05, 0) is 44.1 Å². The number of carbonyl (C=O) groups is 4. The molecule has 3 saturated carbocycles. The van der Waals surface area contributed by atoms with Crippen LogP contribution in [-0.2, 0) is 23.9 Å². The van der Waals surface area contributed by atoms with Crippen molar-refractivity contribution in [1.29, 1.82) is 0 Å². The molecule has 0 unspecified atom stereocenters. The summed E-state index contributed by atoms with van der Waals surface area (Å²) in [6.07, 6.45) is 4.10. The Morgan fingerprint density at radius 1 is 1.21 bits per heavy atom. The smallest absolute Gasteiger partial charge is 0.306 e. The van der Waals surface area contributed by atoms with E-state index in [1.807, 2.05) is 20.8 Å². The maximum absolute atomic E-state index is 17.2. The Balaban J connectivity index is 1.83. The number of halogens is 2. The molecule has 3 fully saturated rings. The molecule has 182 valence electrons. The summed E-state index contributed by atoms with van der Waals surface area (Å²) in [5.74, 6) is -3.07. The molecule has 0 aromatic rings. The Morgan fingerprint density at radius 2 is 1.91 bits per heavy atom. The first kappa shape index (κ1) is 24.6. The van der Waals surface area contributed by atoms with Gasteiger partial charge in [0.2, 0.25) is 0 Å². The van der Waals surface area contributed by atoms with Crippen LogP contribution < -0.4 is 0 Å². The van der Waals surface area contributed by atoms with Gasteiger partial charge in [0, 0.05) is 41.9 Å². The fourth-order valence-corrected chi connectivity index (χ4v) is 8.21. The topological polar surface area (TPSA) is 77.5 Å². The highest BCUT2D eigenvalue weighted by Gasteiger charge is 2.77. The number of Topliss-reactive ketones (excluding diaryl/α,β-unsaturated/α-hetero) is 2. The summed E-state index contributed by atoms with van der Waals surface area (Å²) in [6.45, 7) is 7.31. The predicted octanol–water partition coefficient (Wildman–Crippen LogP) is 4.93. The van der Waals surface area contributed by atoms with Gasteiger partial charge in [0.1, 0.15) is 0 Å². The summed E-state index contributed by atoms with van der Waals surface area (Å²) in [7, 11) is 0. The molecule has 0 aromatic carbocycles. The highest BCUT2D eigenvalue weighted by molar-refractivity contribution is 6.29. The van der Waals surface area contributed by atoms with Crippen LogP contribution in [0.4, 0.5) is 4.39 Å². The summed E-state index contributed by atoms with van der Waals surface area (Å²) in [4.78, 5) is 51.9. The minimum Gasteiger partial charge on any atom is -0.450 e. The Bertz CT molecular complexity index is 945. The minimum absolute atomic E-state index is 0.0123. The van der Waals surface area contributed by atoms with E-state index in [4.69, 9.17) is 16.3 Å². The van der Waals surface area contributed by atoms with E-state index < -0.39 is 45.6 Å². The van der Waals surface area contributed by atoms with Crippen LogP contribution in [0.5, 0.6) is 0 Å². The van der Waals surface area contributed by atoms with Crippen molar-refractivity contribution in [3.8, 4) is 0 Å². The fraction of sp³-hybridized carbons (Fsp3) is 0.769. The SMILES string of the molecule is CCCC(=O)O[C@]1(C(=O)CCl)[C@@H](C)C[C@H]2[C@@H]3CCC4=CC(=O)CC[C@]4(C)[C@@]3(F)C(=O)C[C@@]21C. The number of carbonyl (C=O) groups excluding carboxylic acids is 4. The van der Waals surface area contributed by atoms with E-state index in [1.54, 1.807) is 13.0 Å². The van der Waals surface area contributed by atoms with E-state index >= 15 is 4.39 Å². The summed E-state index contributed by atoms with van der Waals surface area (Å²) >= 11 is 6.03. The third kappa shape index (κ3) is 3.01. The van der Waals surface area contributed by atoms with Crippen LogP contribution >= 0.6 is 11.6 Å². The van der Waals surface area contributed by atoms with Crippen molar-refractivity contribution in [2.75, 3.05) is 5.88 Å². The lowest BCUT2D eigenvalue weighted by Crippen LogP contribution is -2.69. The maximum Gasteiger partial charge on any atom is 0.306 e. The van der Waals surface area contributed by atoms with E-state index in [-0.39, 0.29) is 42.8 Å². The van der Waals surface area contributed by atoms with Crippen LogP contribution in [0.25, 0.3) is 0 Å². The molecular weight excluding hydrogens is 447 g/mol. The molecule has 4 rings (SSSR count). The molecule has 0 saturated heterocycles. The van der Waals surface area contributed by atoms with E-state index in [0.29, 0.717) is 32.1 Å². The van der Waals surface area contributed by atoms with Gasteiger partial charge < -0.3 is 4.74 Å². The molecule has 0 aliphatic heterocycles. The fourth-order valence-electron chi connectivity index (χ4n) is 8.01. The number of ketones is 3. The second-order valence-corrected chi connectivity index (χ2v) is 11.4. The maximum atomic E-state index is 17.2. The first-order valence-electron chi connectivity index (χ1n) is 12.2. The van der Waals surface area contributed by atoms with E-state index in [2.05, 4.69) is 0 Å². The zero-order valence-electron chi connectivity index (χ0n) is 20.0. The zero-order valence-corrected chi connectivity index (χ0v) is 20.7. The van der Waals surface area contributed by atoms with Crippen molar-refractivity contribution in [2.45, 2.75) is 90.3 Å². The molecular formula is C26H34ClFO5. The molecule has 7 heteroatoms. The van der Waals surface area contributed by atoms with Gasteiger partial charge in [0.05, 0.1) is 5.88 Å². The normalized spacial score (nSPS) is 44.4. The van der Waals surface area contributed by atoms with Gasteiger partial charge in [0.15, 0.2) is 28.6 Å². The standard InChI is InChI=1S/C26H34ClFO5/c1-5-6-22(32)33-26(21(31)14-27)15(2)11-19-18-8-7-16-12-17(29)9-10-23(16,3)25(18,28)20(30)13-24(19,26)4/h12,15,18-19H,5-11,13-14H2,1-4H3/t15-,18-,19-,23-,24-,25-,26-/m0/s1. The molecule has 0 amide bonds. The molecule has 0 bridgehead atoms. The summed E-state index contributed by atoms with van der Waals surface area (Å²) < 4.78 is 23.2. The third-order valence-corrected chi connectivity index (χ3v) is 9.85. The van der Waals surface area contributed by atoms with Crippen molar-refractivity contribution < 1.29 is 28.3 Å². The van der Waals surface area contributed by atoms with Crippen LogP contribution in [0.1, 0.15) is 79.1 Å². The zero-order chi connectivity index (χ0) is 24.4. The van der Waals surface area contributed by atoms with Gasteiger partial charge in [-0.15, -0.1) is 11.6 Å². The van der Waals surface area contributed by atoms with Crippen LogP contribution in [-0.4, -0.2) is 40.5 Å².